The van der Waals surface area contributed by atoms with Crippen molar-refractivity contribution in [3.8, 4) is 5.75 Å². The van der Waals surface area contributed by atoms with E-state index < -0.39 is 0 Å². The first-order valence-corrected chi connectivity index (χ1v) is 9.49. The first kappa shape index (κ1) is 19.0. The number of para-hydroxylation sites is 2. The van der Waals surface area contributed by atoms with E-state index in [-0.39, 0.29) is 5.91 Å². The van der Waals surface area contributed by atoms with Crippen molar-refractivity contribution in [3.05, 3.63) is 59.4 Å². The Labute approximate surface area is 160 Å². The molecule has 0 radical (unpaired) electrons. The second kappa shape index (κ2) is 8.71. The van der Waals surface area contributed by atoms with Crippen LogP contribution in [0.2, 0.25) is 0 Å². The number of fused-ring (bicyclic) bond motifs is 1. The quantitative estimate of drug-likeness (QED) is 0.652. The summed E-state index contributed by atoms with van der Waals surface area (Å²) in [7, 11) is 0. The number of carbonyl (C=O) groups is 1. The van der Waals surface area contributed by atoms with Crippen molar-refractivity contribution in [2.75, 3.05) is 6.61 Å². The normalized spacial score (nSPS) is 10.9. The van der Waals surface area contributed by atoms with E-state index in [9.17, 15) is 4.79 Å². The van der Waals surface area contributed by atoms with E-state index in [1.807, 2.05) is 25.1 Å². The molecular weight excluding hydrogens is 338 g/mol. The van der Waals surface area contributed by atoms with Gasteiger partial charge >= 0.3 is 0 Å². The van der Waals surface area contributed by atoms with Gasteiger partial charge in [-0.25, -0.2) is 4.98 Å². The number of aromatic nitrogens is 2. The lowest BCUT2D eigenvalue weighted by atomic mass is 10.1. The van der Waals surface area contributed by atoms with Crippen LogP contribution < -0.4 is 10.1 Å². The SMILES string of the molecule is CCCC(=O)NCc1nc2ccccc2n1CCOc1cc(C)ccc1C. The van der Waals surface area contributed by atoms with Crippen molar-refractivity contribution in [2.45, 2.75) is 46.7 Å². The zero-order valence-corrected chi connectivity index (χ0v) is 16.3. The van der Waals surface area contributed by atoms with Crippen LogP contribution in [0.25, 0.3) is 11.0 Å². The third kappa shape index (κ3) is 4.67. The van der Waals surface area contributed by atoms with Crippen LogP contribution in [0.15, 0.2) is 42.5 Å². The van der Waals surface area contributed by atoms with Crippen molar-refractivity contribution in [3.63, 3.8) is 0 Å². The van der Waals surface area contributed by atoms with Gasteiger partial charge in [0.1, 0.15) is 18.2 Å². The van der Waals surface area contributed by atoms with Crippen LogP contribution >= 0.6 is 0 Å². The van der Waals surface area contributed by atoms with Crippen molar-refractivity contribution >= 4 is 16.9 Å². The maximum Gasteiger partial charge on any atom is 0.220 e. The van der Waals surface area contributed by atoms with E-state index in [0.29, 0.717) is 26.1 Å². The zero-order valence-electron chi connectivity index (χ0n) is 16.3. The Kier molecular flexibility index (Phi) is 6.12. The third-order valence-electron chi connectivity index (χ3n) is 4.57. The lowest BCUT2D eigenvalue weighted by molar-refractivity contribution is -0.121. The summed E-state index contributed by atoms with van der Waals surface area (Å²) in [5.74, 6) is 1.82. The molecule has 2 aromatic carbocycles. The molecule has 5 nitrogen and oxygen atoms in total. The molecule has 5 heteroatoms. The third-order valence-corrected chi connectivity index (χ3v) is 4.57. The van der Waals surface area contributed by atoms with Crippen molar-refractivity contribution < 1.29 is 9.53 Å². The Hall–Kier alpha value is -2.82. The molecule has 0 bridgehead atoms. The number of nitrogens with zero attached hydrogens (tertiary/aromatic N) is 2. The molecule has 1 amide bonds. The minimum Gasteiger partial charge on any atom is -0.491 e. The minimum atomic E-state index is 0.0581. The number of hydrogen-bond acceptors (Lipinski definition) is 3. The van der Waals surface area contributed by atoms with Crippen molar-refractivity contribution in [2.24, 2.45) is 0 Å². The number of amides is 1. The van der Waals surface area contributed by atoms with E-state index in [2.05, 4.69) is 48.0 Å². The number of benzene rings is 2. The van der Waals surface area contributed by atoms with Gasteiger partial charge in [0.05, 0.1) is 24.1 Å². The lowest BCUT2D eigenvalue weighted by Crippen LogP contribution is -2.24. The van der Waals surface area contributed by atoms with Crippen LogP contribution in [-0.4, -0.2) is 22.1 Å². The number of aryl methyl sites for hydroxylation is 2. The van der Waals surface area contributed by atoms with Gasteiger partial charge in [0, 0.05) is 6.42 Å². The highest BCUT2D eigenvalue weighted by Crippen LogP contribution is 2.20. The second-order valence-corrected chi connectivity index (χ2v) is 6.81. The fourth-order valence-corrected chi connectivity index (χ4v) is 3.11. The molecule has 0 spiro atoms. The summed E-state index contributed by atoms with van der Waals surface area (Å²) in [6.45, 7) is 7.76. The van der Waals surface area contributed by atoms with Gasteiger partial charge < -0.3 is 14.6 Å². The summed E-state index contributed by atoms with van der Waals surface area (Å²) in [5, 5.41) is 2.96. The average Bonchev–Trinajstić information content (AvgIpc) is 3.01. The molecule has 3 aromatic rings. The van der Waals surface area contributed by atoms with Crippen LogP contribution in [0.5, 0.6) is 5.75 Å². The standard InChI is InChI=1S/C22H27N3O2/c1-4-7-22(26)23-15-21-24-18-8-5-6-9-19(18)25(21)12-13-27-20-14-16(2)10-11-17(20)3/h5-6,8-11,14H,4,7,12-13,15H2,1-3H3,(H,23,26). The van der Waals surface area contributed by atoms with E-state index in [0.717, 1.165) is 34.6 Å². The molecule has 0 fully saturated rings. The van der Waals surface area contributed by atoms with Gasteiger partial charge in [-0.1, -0.05) is 31.2 Å². The summed E-state index contributed by atoms with van der Waals surface area (Å²) in [6, 6.07) is 14.3. The molecule has 0 aliphatic heterocycles. The van der Waals surface area contributed by atoms with Gasteiger partial charge in [-0.05, 0) is 49.6 Å². The van der Waals surface area contributed by atoms with Gasteiger partial charge in [0.15, 0.2) is 0 Å². The number of carbonyl (C=O) groups excluding carboxylic acids is 1. The average molecular weight is 365 g/mol. The summed E-state index contributed by atoms with van der Waals surface area (Å²) in [6.07, 6.45) is 1.38. The Morgan fingerprint density at radius 1 is 1.19 bits per heavy atom. The minimum absolute atomic E-state index is 0.0581. The van der Waals surface area contributed by atoms with Crippen LogP contribution in [-0.2, 0) is 17.9 Å². The number of hydrogen-bond donors (Lipinski definition) is 1. The first-order valence-electron chi connectivity index (χ1n) is 9.49. The number of imidazole rings is 1. The summed E-state index contributed by atoms with van der Waals surface area (Å²) in [5.41, 5.74) is 4.30. The van der Waals surface area contributed by atoms with E-state index in [1.165, 1.54) is 5.56 Å². The Morgan fingerprint density at radius 2 is 2.00 bits per heavy atom. The summed E-state index contributed by atoms with van der Waals surface area (Å²) < 4.78 is 8.15. The predicted molar refractivity (Wildman–Crippen MR) is 108 cm³/mol. The van der Waals surface area contributed by atoms with Gasteiger partial charge in [0.2, 0.25) is 5.91 Å². The van der Waals surface area contributed by atoms with Crippen LogP contribution in [0, 0.1) is 13.8 Å². The highest BCUT2D eigenvalue weighted by molar-refractivity contribution is 5.77. The Morgan fingerprint density at radius 3 is 2.81 bits per heavy atom. The summed E-state index contributed by atoms with van der Waals surface area (Å²) in [4.78, 5) is 16.5. The predicted octanol–water partition coefficient (Wildman–Crippen LogP) is 4.15. The Balaban J connectivity index is 1.74. The van der Waals surface area contributed by atoms with Gasteiger partial charge in [-0.2, -0.15) is 0 Å². The van der Waals surface area contributed by atoms with E-state index in [4.69, 9.17) is 9.72 Å². The lowest BCUT2D eigenvalue weighted by Gasteiger charge is -2.13. The van der Waals surface area contributed by atoms with E-state index in [1.54, 1.807) is 0 Å². The molecule has 0 aliphatic carbocycles. The molecule has 0 atom stereocenters. The Bertz CT molecular complexity index is 930. The molecule has 0 saturated carbocycles. The fourth-order valence-electron chi connectivity index (χ4n) is 3.11. The molecule has 1 aromatic heterocycles. The molecular formula is C22H27N3O2. The first-order chi connectivity index (χ1) is 13.1. The van der Waals surface area contributed by atoms with Gasteiger partial charge in [-0.3, -0.25) is 4.79 Å². The highest BCUT2D eigenvalue weighted by atomic mass is 16.5. The maximum absolute atomic E-state index is 11.8. The fraction of sp³-hybridized carbons (Fsp3) is 0.364. The number of ether oxygens (including phenoxy) is 1. The van der Waals surface area contributed by atoms with Crippen molar-refractivity contribution in [1.29, 1.82) is 0 Å². The molecule has 27 heavy (non-hydrogen) atoms. The maximum atomic E-state index is 11.8. The van der Waals surface area contributed by atoms with Crippen molar-refractivity contribution in [1.82, 2.24) is 14.9 Å². The molecule has 142 valence electrons. The number of rotatable bonds is 8. The smallest absolute Gasteiger partial charge is 0.220 e. The molecule has 1 heterocycles. The topological polar surface area (TPSA) is 56.2 Å². The van der Waals surface area contributed by atoms with Crippen LogP contribution in [0.3, 0.4) is 0 Å². The molecule has 3 rings (SSSR count). The molecule has 1 N–H and O–H groups in total. The monoisotopic (exact) mass is 365 g/mol. The summed E-state index contributed by atoms with van der Waals surface area (Å²) >= 11 is 0. The highest BCUT2D eigenvalue weighted by Gasteiger charge is 2.12. The van der Waals surface area contributed by atoms with Gasteiger partial charge in [0.25, 0.3) is 0 Å². The molecule has 0 unspecified atom stereocenters. The largest absolute Gasteiger partial charge is 0.491 e. The number of nitrogens with one attached hydrogen (secondary N) is 1. The van der Waals surface area contributed by atoms with E-state index >= 15 is 0 Å². The second-order valence-electron chi connectivity index (χ2n) is 6.81. The van der Waals surface area contributed by atoms with Gasteiger partial charge in [-0.15, -0.1) is 0 Å². The molecule has 0 aliphatic rings. The molecule has 0 saturated heterocycles. The van der Waals surface area contributed by atoms with Crippen LogP contribution in [0.4, 0.5) is 0 Å². The zero-order chi connectivity index (χ0) is 19.2. The van der Waals surface area contributed by atoms with Crippen LogP contribution in [0.1, 0.15) is 36.7 Å².